The lowest BCUT2D eigenvalue weighted by atomic mass is 9.93. The first-order chi connectivity index (χ1) is 24.4. The van der Waals surface area contributed by atoms with E-state index >= 15 is 0 Å². The number of amides is 3. The van der Waals surface area contributed by atoms with Gasteiger partial charge in [-0.1, -0.05) is 54.1 Å². The molecule has 0 spiro atoms. The van der Waals surface area contributed by atoms with E-state index in [1.165, 1.54) is 9.42 Å². The third kappa shape index (κ3) is 6.34. The summed E-state index contributed by atoms with van der Waals surface area (Å²) in [6.07, 6.45) is 4.65. The Morgan fingerprint density at radius 2 is 1.65 bits per heavy atom. The summed E-state index contributed by atoms with van der Waals surface area (Å²) in [5.41, 5.74) is 3.74. The number of nitrogens with one attached hydrogen (secondary N) is 1. The molecule has 6 aromatic rings. The summed E-state index contributed by atoms with van der Waals surface area (Å²) in [4.78, 5) is 58.8. The van der Waals surface area contributed by atoms with Gasteiger partial charge >= 0.3 is 5.97 Å². The van der Waals surface area contributed by atoms with Crippen LogP contribution in [-0.2, 0) is 22.5 Å². The Morgan fingerprint density at radius 1 is 0.961 bits per heavy atom. The van der Waals surface area contributed by atoms with Crippen LogP contribution in [0.1, 0.15) is 76.1 Å². The number of hydrogen-bond acceptors (Lipinski definition) is 8. The van der Waals surface area contributed by atoms with Crippen molar-refractivity contribution in [1.29, 1.82) is 0 Å². The molecule has 0 saturated heterocycles. The first-order valence-corrected chi connectivity index (χ1v) is 16.8. The first-order valence-electron chi connectivity index (χ1n) is 16.4. The number of fused-ring (bicyclic) bond motifs is 3. The second kappa shape index (κ2) is 13.1. The molecule has 7 rings (SSSR count). The number of rotatable bonds is 9. The molecule has 0 aliphatic carbocycles. The number of halogens is 1. The van der Waals surface area contributed by atoms with E-state index in [0.717, 1.165) is 11.1 Å². The monoisotopic (exact) mass is 703 g/mol. The van der Waals surface area contributed by atoms with Crippen molar-refractivity contribution in [2.45, 2.75) is 52.3 Å². The van der Waals surface area contributed by atoms with E-state index in [9.17, 15) is 19.2 Å². The predicted molar refractivity (Wildman–Crippen MR) is 190 cm³/mol. The molecule has 3 aromatic carbocycles. The van der Waals surface area contributed by atoms with Crippen molar-refractivity contribution in [2.75, 3.05) is 6.54 Å². The van der Waals surface area contributed by atoms with Crippen molar-refractivity contribution in [3.8, 4) is 11.1 Å². The molecule has 1 atom stereocenters. The van der Waals surface area contributed by atoms with Crippen molar-refractivity contribution >= 4 is 51.8 Å². The molecule has 0 bridgehead atoms. The van der Waals surface area contributed by atoms with Crippen LogP contribution in [0.15, 0.2) is 85.3 Å². The van der Waals surface area contributed by atoms with Gasteiger partial charge in [-0.15, -0.1) is 0 Å². The number of nitrogens with zero attached hydrogens (tertiary/aromatic N) is 6. The number of carbonyl (C=O) groups is 4. The van der Waals surface area contributed by atoms with Crippen LogP contribution in [0.5, 0.6) is 0 Å². The molecule has 0 fully saturated rings. The number of imide groups is 1. The molecule has 13 heteroatoms. The van der Waals surface area contributed by atoms with E-state index in [1.807, 2.05) is 43.3 Å². The van der Waals surface area contributed by atoms with Gasteiger partial charge in [0.05, 0.1) is 52.6 Å². The summed E-state index contributed by atoms with van der Waals surface area (Å²) in [5.74, 6) is -1.70. The molecule has 51 heavy (non-hydrogen) atoms. The molecule has 3 aromatic heterocycles. The summed E-state index contributed by atoms with van der Waals surface area (Å²) < 4.78 is 8.72. The van der Waals surface area contributed by atoms with Crippen molar-refractivity contribution in [2.24, 2.45) is 0 Å². The number of esters is 1. The standard InChI is InChI=1S/C38H34ClN7O5/c1-22(42-35(48)32-29(20-30(47)51-38(2,3)4)43-46-16-10-15-40-34(32)46)26-19-28(39)27-21-41-45(33(27)31(26)23-11-6-5-7-12-23)18-17-44-36(49)24-13-8-9-14-25(24)37(44)50/h5-16,19,21-22H,17-18,20H2,1-4H3,(H,42,48). The molecule has 12 nitrogen and oxygen atoms in total. The van der Waals surface area contributed by atoms with E-state index in [-0.39, 0.29) is 42.6 Å². The minimum absolute atomic E-state index is 0.0909. The zero-order valence-electron chi connectivity index (χ0n) is 28.4. The molecule has 4 heterocycles. The minimum Gasteiger partial charge on any atom is -0.460 e. The van der Waals surface area contributed by atoms with E-state index < -0.39 is 23.5 Å². The summed E-state index contributed by atoms with van der Waals surface area (Å²) in [6.45, 7) is 7.45. The molecular weight excluding hydrogens is 670 g/mol. The molecule has 1 aliphatic heterocycles. The van der Waals surface area contributed by atoms with Crippen molar-refractivity contribution in [3.05, 3.63) is 118 Å². The van der Waals surface area contributed by atoms with Gasteiger partial charge in [-0.3, -0.25) is 28.8 Å². The fourth-order valence-corrected chi connectivity index (χ4v) is 6.71. The highest BCUT2D eigenvalue weighted by Crippen LogP contribution is 2.39. The van der Waals surface area contributed by atoms with Gasteiger partial charge in [0.15, 0.2) is 5.65 Å². The van der Waals surface area contributed by atoms with Crippen molar-refractivity contribution in [1.82, 2.24) is 34.6 Å². The largest absolute Gasteiger partial charge is 0.460 e. The topological polar surface area (TPSA) is 141 Å². The summed E-state index contributed by atoms with van der Waals surface area (Å²) in [5, 5.41) is 13.3. The maximum absolute atomic E-state index is 14.1. The number of hydrogen-bond donors (Lipinski definition) is 1. The summed E-state index contributed by atoms with van der Waals surface area (Å²) in [6, 6.07) is 19.3. The fourth-order valence-electron chi connectivity index (χ4n) is 6.45. The number of benzene rings is 3. The van der Waals surface area contributed by atoms with Crippen LogP contribution in [0.25, 0.3) is 27.7 Å². The van der Waals surface area contributed by atoms with Gasteiger partial charge in [0.1, 0.15) is 11.2 Å². The number of aromatic nitrogens is 5. The molecule has 1 N–H and O–H groups in total. The molecule has 3 amide bonds. The maximum Gasteiger partial charge on any atom is 0.312 e. The summed E-state index contributed by atoms with van der Waals surface area (Å²) >= 11 is 6.90. The minimum atomic E-state index is -0.714. The van der Waals surface area contributed by atoms with Gasteiger partial charge in [-0.05, 0) is 63.1 Å². The predicted octanol–water partition coefficient (Wildman–Crippen LogP) is 6.07. The Labute approximate surface area is 298 Å². The molecule has 0 radical (unpaired) electrons. The quantitative estimate of drug-likeness (QED) is 0.141. The highest BCUT2D eigenvalue weighted by molar-refractivity contribution is 6.36. The van der Waals surface area contributed by atoms with Crippen molar-refractivity contribution in [3.63, 3.8) is 0 Å². The van der Waals surface area contributed by atoms with Gasteiger partial charge in [-0.25, -0.2) is 9.50 Å². The van der Waals surface area contributed by atoms with E-state index in [0.29, 0.717) is 38.3 Å². The van der Waals surface area contributed by atoms with Crippen LogP contribution in [0.4, 0.5) is 0 Å². The van der Waals surface area contributed by atoms with Crippen LogP contribution in [0, 0.1) is 0 Å². The van der Waals surface area contributed by atoms with Gasteiger partial charge in [-0.2, -0.15) is 10.2 Å². The third-order valence-corrected chi connectivity index (χ3v) is 8.93. The molecule has 1 unspecified atom stereocenters. The van der Waals surface area contributed by atoms with Crippen LogP contribution in [0.3, 0.4) is 0 Å². The highest BCUT2D eigenvalue weighted by atomic mass is 35.5. The van der Waals surface area contributed by atoms with Gasteiger partial charge < -0.3 is 10.1 Å². The van der Waals surface area contributed by atoms with E-state index in [2.05, 4.69) is 20.5 Å². The zero-order chi connectivity index (χ0) is 36.0. The Balaban J connectivity index is 1.25. The Kier molecular flexibility index (Phi) is 8.64. The van der Waals surface area contributed by atoms with Crippen LogP contribution < -0.4 is 5.32 Å². The number of carbonyl (C=O) groups excluding carboxylic acids is 4. The maximum atomic E-state index is 14.1. The Hall–Kier alpha value is -5.88. The van der Waals surface area contributed by atoms with Gasteiger partial charge in [0.25, 0.3) is 17.7 Å². The Bertz CT molecular complexity index is 2320. The van der Waals surface area contributed by atoms with Crippen LogP contribution in [0.2, 0.25) is 5.02 Å². The van der Waals surface area contributed by atoms with Crippen LogP contribution in [-0.4, -0.2) is 65.1 Å². The lowest BCUT2D eigenvalue weighted by Gasteiger charge is -2.22. The number of ether oxygens (including phenoxy) is 1. The first kappa shape index (κ1) is 33.6. The summed E-state index contributed by atoms with van der Waals surface area (Å²) in [7, 11) is 0. The lowest BCUT2D eigenvalue weighted by Crippen LogP contribution is -2.33. The fraction of sp³-hybridized carbons (Fsp3) is 0.237. The van der Waals surface area contributed by atoms with Gasteiger partial charge in [0.2, 0.25) is 0 Å². The second-order valence-corrected chi connectivity index (χ2v) is 13.7. The average molecular weight is 704 g/mol. The normalized spacial score (nSPS) is 13.5. The van der Waals surface area contributed by atoms with E-state index in [4.69, 9.17) is 16.3 Å². The Morgan fingerprint density at radius 3 is 2.33 bits per heavy atom. The van der Waals surface area contributed by atoms with Gasteiger partial charge in [0, 0.05) is 29.9 Å². The SMILES string of the molecule is CC(NC(=O)c1c(CC(=O)OC(C)(C)C)nn2cccnc12)c1cc(Cl)c2cnn(CCN3C(=O)c4ccccc4C3=O)c2c1-c1ccccc1. The third-order valence-electron chi connectivity index (χ3n) is 8.62. The molecular formula is C38H34ClN7O5. The van der Waals surface area contributed by atoms with Crippen molar-refractivity contribution < 1.29 is 23.9 Å². The highest BCUT2D eigenvalue weighted by Gasteiger charge is 2.35. The second-order valence-electron chi connectivity index (χ2n) is 13.3. The zero-order valence-corrected chi connectivity index (χ0v) is 29.1. The van der Waals surface area contributed by atoms with Crippen LogP contribution >= 0.6 is 11.6 Å². The van der Waals surface area contributed by atoms with E-state index in [1.54, 1.807) is 74.4 Å². The lowest BCUT2D eigenvalue weighted by molar-refractivity contribution is -0.154. The molecule has 0 saturated carbocycles. The molecule has 1 aliphatic rings. The average Bonchev–Trinajstić information content (AvgIpc) is 3.75. The smallest absolute Gasteiger partial charge is 0.312 e. The molecule has 258 valence electrons.